The lowest BCUT2D eigenvalue weighted by Gasteiger charge is -2.15. The number of anilines is 2. The van der Waals surface area contributed by atoms with Gasteiger partial charge in [0.2, 0.25) is 0 Å². The summed E-state index contributed by atoms with van der Waals surface area (Å²) in [5.41, 5.74) is 3.15. The second-order valence-electron chi connectivity index (χ2n) is 7.02. The number of amides is 2. The molecular formula is C24H24N2O3. The molecule has 0 saturated carbocycles. The van der Waals surface area contributed by atoms with E-state index >= 15 is 0 Å². The molecule has 3 aromatic carbocycles. The van der Waals surface area contributed by atoms with Gasteiger partial charge in [0.1, 0.15) is 5.75 Å². The number of carbonyl (C=O) groups is 2. The number of aryl methyl sites for hydroxylation is 1. The lowest BCUT2D eigenvalue weighted by molar-refractivity contribution is 0.102. The Kier molecular flexibility index (Phi) is 6.29. The molecule has 2 amide bonds. The molecular weight excluding hydrogens is 364 g/mol. The van der Waals surface area contributed by atoms with Crippen molar-refractivity contribution < 1.29 is 14.3 Å². The normalized spacial score (nSPS) is 10.5. The van der Waals surface area contributed by atoms with Crippen molar-refractivity contribution in [3.63, 3.8) is 0 Å². The van der Waals surface area contributed by atoms with Crippen LogP contribution in [0.15, 0.2) is 72.8 Å². The van der Waals surface area contributed by atoms with Crippen molar-refractivity contribution in [2.24, 2.45) is 0 Å². The van der Waals surface area contributed by atoms with E-state index in [1.165, 1.54) is 0 Å². The van der Waals surface area contributed by atoms with Crippen LogP contribution in [0, 0.1) is 6.92 Å². The highest BCUT2D eigenvalue weighted by atomic mass is 16.5. The summed E-state index contributed by atoms with van der Waals surface area (Å²) in [6.45, 7) is 5.81. The monoisotopic (exact) mass is 388 g/mol. The summed E-state index contributed by atoms with van der Waals surface area (Å²) in [7, 11) is 0. The van der Waals surface area contributed by atoms with Gasteiger partial charge in [-0.25, -0.2) is 0 Å². The molecule has 0 radical (unpaired) electrons. The van der Waals surface area contributed by atoms with Gasteiger partial charge in [-0.2, -0.15) is 0 Å². The summed E-state index contributed by atoms with van der Waals surface area (Å²) >= 11 is 0. The molecule has 3 rings (SSSR count). The van der Waals surface area contributed by atoms with Gasteiger partial charge < -0.3 is 15.4 Å². The zero-order valence-corrected chi connectivity index (χ0v) is 16.7. The zero-order chi connectivity index (χ0) is 20.8. The molecule has 0 aromatic heterocycles. The molecule has 0 bridgehead atoms. The van der Waals surface area contributed by atoms with Crippen LogP contribution in [-0.2, 0) is 0 Å². The highest BCUT2D eigenvalue weighted by Gasteiger charge is 2.13. The highest BCUT2D eigenvalue weighted by molar-refractivity contribution is 6.09. The Morgan fingerprint density at radius 3 is 2.14 bits per heavy atom. The summed E-state index contributed by atoms with van der Waals surface area (Å²) in [6, 6.07) is 21.4. The number of hydrogen-bond donors (Lipinski definition) is 2. The van der Waals surface area contributed by atoms with Crippen molar-refractivity contribution in [2.75, 3.05) is 10.6 Å². The number of para-hydroxylation sites is 2. The summed E-state index contributed by atoms with van der Waals surface area (Å²) in [6.07, 6.45) is -0.0123. The Hall–Kier alpha value is -3.60. The molecule has 0 unspecified atom stereocenters. The van der Waals surface area contributed by atoms with Gasteiger partial charge in [-0.1, -0.05) is 30.3 Å². The highest BCUT2D eigenvalue weighted by Crippen LogP contribution is 2.25. The van der Waals surface area contributed by atoms with Crippen molar-refractivity contribution in [1.29, 1.82) is 0 Å². The summed E-state index contributed by atoms with van der Waals surface area (Å²) in [5, 5.41) is 5.71. The largest absolute Gasteiger partial charge is 0.489 e. The van der Waals surface area contributed by atoms with Gasteiger partial charge in [-0.3, -0.25) is 9.59 Å². The van der Waals surface area contributed by atoms with Crippen LogP contribution in [0.1, 0.15) is 40.1 Å². The van der Waals surface area contributed by atoms with Gasteiger partial charge >= 0.3 is 0 Å². The first-order chi connectivity index (χ1) is 13.9. The fourth-order valence-electron chi connectivity index (χ4n) is 2.85. The molecule has 0 aliphatic heterocycles. The molecule has 0 aliphatic rings. The van der Waals surface area contributed by atoms with Gasteiger partial charge in [0.05, 0.1) is 11.8 Å². The molecule has 29 heavy (non-hydrogen) atoms. The number of rotatable bonds is 6. The fourth-order valence-corrected chi connectivity index (χ4v) is 2.85. The van der Waals surface area contributed by atoms with E-state index < -0.39 is 0 Å². The molecule has 148 valence electrons. The van der Waals surface area contributed by atoms with E-state index in [0.29, 0.717) is 28.3 Å². The standard InChI is InChI=1S/C24H24N2O3/c1-16(2)29-22-13-5-4-12-21(22)26-24(28)19-10-7-9-18(15-19)23(27)25-20-11-6-8-17(3)14-20/h4-16H,1-3H3,(H,25,27)(H,26,28). The zero-order valence-electron chi connectivity index (χ0n) is 16.7. The molecule has 0 fully saturated rings. The van der Waals surface area contributed by atoms with Gasteiger partial charge in [-0.15, -0.1) is 0 Å². The molecule has 3 aromatic rings. The first-order valence-corrected chi connectivity index (χ1v) is 9.47. The van der Waals surface area contributed by atoms with E-state index in [1.54, 1.807) is 36.4 Å². The lowest BCUT2D eigenvalue weighted by Crippen LogP contribution is -2.16. The quantitative estimate of drug-likeness (QED) is 0.603. The molecule has 0 atom stereocenters. The van der Waals surface area contributed by atoms with E-state index in [4.69, 9.17) is 4.74 Å². The Balaban J connectivity index is 1.75. The van der Waals surface area contributed by atoms with E-state index in [-0.39, 0.29) is 17.9 Å². The second-order valence-corrected chi connectivity index (χ2v) is 7.02. The minimum Gasteiger partial charge on any atom is -0.489 e. The Labute approximate surface area is 170 Å². The van der Waals surface area contributed by atoms with Gasteiger partial charge in [0.25, 0.3) is 11.8 Å². The maximum Gasteiger partial charge on any atom is 0.255 e. The molecule has 0 heterocycles. The van der Waals surface area contributed by atoms with Crippen molar-refractivity contribution in [3.8, 4) is 5.75 Å². The van der Waals surface area contributed by atoms with Crippen LogP contribution in [-0.4, -0.2) is 17.9 Å². The third-order valence-corrected chi connectivity index (χ3v) is 4.16. The van der Waals surface area contributed by atoms with Crippen LogP contribution in [0.4, 0.5) is 11.4 Å². The van der Waals surface area contributed by atoms with Gasteiger partial charge in [-0.05, 0) is 68.8 Å². The maximum absolute atomic E-state index is 12.7. The van der Waals surface area contributed by atoms with Crippen molar-refractivity contribution in [2.45, 2.75) is 26.9 Å². The predicted octanol–water partition coefficient (Wildman–Crippen LogP) is 5.29. The molecule has 2 N–H and O–H groups in total. The average molecular weight is 388 g/mol. The third kappa shape index (κ3) is 5.45. The van der Waals surface area contributed by atoms with Crippen LogP contribution in [0.3, 0.4) is 0 Å². The summed E-state index contributed by atoms with van der Waals surface area (Å²) in [4.78, 5) is 25.3. The van der Waals surface area contributed by atoms with Gasteiger partial charge in [0, 0.05) is 16.8 Å². The maximum atomic E-state index is 12.7. The van der Waals surface area contributed by atoms with Crippen LogP contribution >= 0.6 is 0 Å². The third-order valence-electron chi connectivity index (χ3n) is 4.16. The van der Waals surface area contributed by atoms with Crippen LogP contribution in [0.25, 0.3) is 0 Å². The van der Waals surface area contributed by atoms with Crippen molar-refractivity contribution in [3.05, 3.63) is 89.5 Å². The number of carbonyl (C=O) groups excluding carboxylic acids is 2. The number of hydrogen-bond acceptors (Lipinski definition) is 3. The molecule has 0 saturated heterocycles. The minimum absolute atomic E-state index is 0.0123. The first kappa shape index (κ1) is 20.1. The summed E-state index contributed by atoms with van der Waals surface area (Å²) in [5.74, 6) is 0.0213. The Bertz CT molecular complexity index is 1030. The van der Waals surface area contributed by atoms with Crippen molar-refractivity contribution >= 4 is 23.2 Å². The topological polar surface area (TPSA) is 67.4 Å². The van der Waals surface area contributed by atoms with Gasteiger partial charge in [0.15, 0.2) is 0 Å². The Morgan fingerprint density at radius 1 is 0.793 bits per heavy atom. The smallest absolute Gasteiger partial charge is 0.255 e. The molecule has 5 nitrogen and oxygen atoms in total. The van der Waals surface area contributed by atoms with Crippen molar-refractivity contribution in [1.82, 2.24) is 0 Å². The summed E-state index contributed by atoms with van der Waals surface area (Å²) < 4.78 is 5.74. The predicted molar refractivity (Wildman–Crippen MR) is 116 cm³/mol. The van der Waals surface area contributed by atoms with E-state index in [9.17, 15) is 9.59 Å². The number of ether oxygens (including phenoxy) is 1. The second kappa shape index (κ2) is 9.06. The van der Waals surface area contributed by atoms with E-state index in [2.05, 4.69) is 10.6 Å². The molecule has 5 heteroatoms. The average Bonchev–Trinajstić information content (AvgIpc) is 2.69. The van der Waals surface area contributed by atoms with E-state index in [1.807, 2.05) is 57.2 Å². The van der Waals surface area contributed by atoms with Crippen LogP contribution in [0.2, 0.25) is 0 Å². The van der Waals surface area contributed by atoms with Crippen LogP contribution < -0.4 is 15.4 Å². The Morgan fingerprint density at radius 2 is 1.45 bits per heavy atom. The number of benzene rings is 3. The first-order valence-electron chi connectivity index (χ1n) is 9.47. The van der Waals surface area contributed by atoms with Crippen LogP contribution in [0.5, 0.6) is 5.75 Å². The SMILES string of the molecule is Cc1cccc(NC(=O)c2cccc(C(=O)Nc3ccccc3OC(C)C)c2)c1. The lowest BCUT2D eigenvalue weighted by atomic mass is 10.1. The fraction of sp³-hybridized carbons (Fsp3) is 0.167. The van der Waals surface area contributed by atoms with E-state index in [0.717, 1.165) is 5.56 Å². The number of nitrogens with one attached hydrogen (secondary N) is 2. The molecule has 0 spiro atoms. The molecule has 0 aliphatic carbocycles. The minimum atomic E-state index is -0.310.